The predicted octanol–water partition coefficient (Wildman–Crippen LogP) is 2.34. The number of para-hydroxylation sites is 1. The summed E-state index contributed by atoms with van der Waals surface area (Å²) in [6.45, 7) is 4.02. The van der Waals surface area contributed by atoms with E-state index in [0.717, 1.165) is 16.8 Å². The van der Waals surface area contributed by atoms with E-state index in [0.29, 0.717) is 11.3 Å². The number of rotatable bonds is 8. The van der Waals surface area contributed by atoms with E-state index in [1.54, 1.807) is 4.68 Å². The van der Waals surface area contributed by atoms with Crippen LogP contribution in [0, 0.1) is 13.8 Å². The van der Waals surface area contributed by atoms with Gasteiger partial charge < -0.3 is 5.32 Å². The minimum absolute atomic E-state index is 0.0118. The number of nitrogens with zero attached hydrogens (tertiary/aromatic N) is 2. The number of aryl methyl sites for hydroxylation is 1. The molecule has 2 aromatic carbocycles. The monoisotopic (exact) mass is 412 g/mol. The summed E-state index contributed by atoms with van der Waals surface area (Å²) in [6.07, 6.45) is 1.50. The molecule has 0 radical (unpaired) electrons. The maximum Gasteiger partial charge on any atom is 0.254 e. The van der Waals surface area contributed by atoms with E-state index in [2.05, 4.69) is 15.1 Å². The summed E-state index contributed by atoms with van der Waals surface area (Å²) in [6, 6.07) is 17.0. The third-order valence-corrected chi connectivity index (χ3v) is 5.92. The van der Waals surface area contributed by atoms with Crippen LogP contribution in [-0.2, 0) is 16.6 Å². The topological polar surface area (TPSA) is 93.1 Å². The minimum atomic E-state index is -3.50. The number of carbonyl (C=O) groups is 1. The van der Waals surface area contributed by atoms with Crippen LogP contribution >= 0.6 is 0 Å². The lowest BCUT2D eigenvalue weighted by Crippen LogP contribution is -2.34. The molecule has 0 fully saturated rings. The largest absolute Gasteiger partial charge is 0.351 e. The van der Waals surface area contributed by atoms with Crippen molar-refractivity contribution in [2.75, 3.05) is 12.3 Å². The summed E-state index contributed by atoms with van der Waals surface area (Å²) < 4.78 is 28.5. The Kier molecular flexibility index (Phi) is 6.46. The van der Waals surface area contributed by atoms with Crippen molar-refractivity contribution in [3.8, 4) is 5.69 Å². The summed E-state index contributed by atoms with van der Waals surface area (Å²) in [5.74, 6) is -0.545. The van der Waals surface area contributed by atoms with Crippen LogP contribution in [0.4, 0.5) is 0 Å². The lowest BCUT2D eigenvalue weighted by molar-refractivity contribution is 0.0955. The first-order valence-electron chi connectivity index (χ1n) is 9.27. The average molecular weight is 413 g/mol. The second-order valence-corrected chi connectivity index (χ2v) is 8.65. The highest BCUT2D eigenvalue weighted by molar-refractivity contribution is 7.89. The van der Waals surface area contributed by atoms with Gasteiger partial charge in [-0.1, -0.05) is 48.5 Å². The molecule has 7 nitrogen and oxygen atoms in total. The quantitative estimate of drug-likeness (QED) is 0.594. The molecule has 1 heterocycles. The number of aromatic nitrogens is 2. The fourth-order valence-electron chi connectivity index (χ4n) is 2.93. The maximum absolute atomic E-state index is 12.5. The van der Waals surface area contributed by atoms with Crippen molar-refractivity contribution < 1.29 is 13.2 Å². The molecule has 29 heavy (non-hydrogen) atoms. The number of hydrogen-bond acceptors (Lipinski definition) is 4. The van der Waals surface area contributed by atoms with Gasteiger partial charge in [0.25, 0.3) is 5.91 Å². The Morgan fingerprint density at radius 3 is 2.45 bits per heavy atom. The number of amides is 1. The van der Waals surface area contributed by atoms with Gasteiger partial charge in [-0.15, -0.1) is 0 Å². The Hall–Kier alpha value is -2.97. The fourth-order valence-corrected chi connectivity index (χ4v) is 3.83. The Morgan fingerprint density at radius 2 is 1.72 bits per heavy atom. The van der Waals surface area contributed by atoms with Crippen molar-refractivity contribution in [3.05, 3.63) is 83.2 Å². The van der Waals surface area contributed by atoms with Crippen molar-refractivity contribution in [2.24, 2.45) is 0 Å². The summed E-state index contributed by atoms with van der Waals surface area (Å²) in [4.78, 5) is 12.5. The average Bonchev–Trinajstić information content (AvgIpc) is 3.09. The van der Waals surface area contributed by atoms with Crippen molar-refractivity contribution in [1.29, 1.82) is 0 Å². The zero-order valence-electron chi connectivity index (χ0n) is 16.4. The molecular formula is C21H24N4O3S. The Balaban J connectivity index is 1.56. The first kappa shape index (κ1) is 20.8. The Labute approximate surface area is 170 Å². The molecule has 3 rings (SSSR count). The number of carbonyl (C=O) groups excluding carboxylic acids is 1. The van der Waals surface area contributed by atoms with Crippen molar-refractivity contribution >= 4 is 15.9 Å². The predicted molar refractivity (Wildman–Crippen MR) is 112 cm³/mol. The molecule has 8 heteroatoms. The van der Waals surface area contributed by atoms with Gasteiger partial charge in [-0.05, 0) is 31.0 Å². The van der Waals surface area contributed by atoms with Crippen LogP contribution < -0.4 is 10.0 Å². The lowest BCUT2D eigenvalue weighted by atomic mass is 10.2. The highest BCUT2D eigenvalue weighted by Gasteiger charge is 2.17. The van der Waals surface area contributed by atoms with Gasteiger partial charge in [0.1, 0.15) is 0 Å². The molecule has 0 aliphatic carbocycles. The number of hydrogen-bond donors (Lipinski definition) is 2. The molecule has 0 bridgehead atoms. The molecule has 1 aromatic heterocycles. The zero-order chi connectivity index (χ0) is 20.9. The van der Waals surface area contributed by atoms with E-state index < -0.39 is 10.0 Å². The van der Waals surface area contributed by atoms with Gasteiger partial charge in [-0.2, -0.15) is 5.10 Å². The van der Waals surface area contributed by atoms with E-state index in [-0.39, 0.29) is 24.7 Å². The number of nitrogens with one attached hydrogen (secondary N) is 2. The van der Waals surface area contributed by atoms with Gasteiger partial charge in [0.05, 0.1) is 28.9 Å². The third-order valence-electron chi connectivity index (χ3n) is 4.59. The summed E-state index contributed by atoms with van der Waals surface area (Å²) >= 11 is 0. The molecule has 0 saturated carbocycles. The molecule has 152 valence electrons. The second-order valence-electron chi connectivity index (χ2n) is 6.72. The lowest BCUT2D eigenvalue weighted by Gasteiger charge is -2.09. The highest BCUT2D eigenvalue weighted by atomic mass is 32.2. The molecule has 2 N–H and O–H groups in total. The van der Waals surface area contributed by atoms with Gasteiger partial charge in [-0.25, -0.2) is 17.8 Å². The Morgan fingerprint density at radius 1 is 1.03 bits per heavy atom. The molecule has 0 saturated heterocycles. The molecule has 0 atom stereocenters. The summed E-state index contributed by atoms with van der Waals surface area (Å²) in [7, 11) is -3.50. The van der Waals surface area contributed by atoms with Crippen LogP contribution in [-0.4, -0.2) is 36.4 Å². The van der Waals surface area contributed by atoms with E-state index in [9.17, 15) is 13.2 Å². The van der Waals surface area contributed by atoms with Gasteiger partial charge in [0.2, 0.25) is 10.0 Å². The van der Waals surface area contributed by atoms with Crippen LogP contribution in [0.15, 0.2) is 60.8 Å². The zero-order valence-corrected chi connectivity index (χ0v) is 17.2. The minimum Gasteiger partial charge on any atom is -0.351 e. The van der Waals surface area contributed by atoms with Crippen LogP contribution in [0.5, 0.6) is 0 Å². The van der Waals surface area contributed by atoms with Gasteiger partial charge in [-0.3, -0.25) is 4.79 Å². The van der Waals surface area contributed by atoms with Crippen molar-refractivity contribution in [3.63, 3.8) is 0 Å². The van der Waals surface area contributed by atoms with E-state index >= 15 is 0 Å². The normalized spacial score (nSPS) is 11.4. The standard InChI is InChI=1S/C21H24N4O3S/c1-16-8-6-7-11-20(16)25-17(2)19(15-23-25)21(26)22-12-13-29(27,28)24-14-18-9-4-3-5-10-18/h3-11,15,24H,12-14H2,1-2H3,(H,22,26). The summed E-state index contributed by atoms with van der Waals surface area (Å²) in [5.41, 5.74) is 3.93. The Bertz CT molecular complexity index is 1090. The molecule has 0 unspecified atom stereocenters. The highest BCUT2D eigenvalue weighted by Crippen LogP contribution is 2.17. The van der Waals surface area contributed by atoms with E-state index in [4.69, 9.17) is 0 Å². The van der Waals surface area contributed by atoms with Crippen LogP contribution in [0.25, 0.3) is 5.69 Å². The smallest absolute Gasteiger partial charge is 0.254 e. The van der Waals surface area contributed by atoms with E-state index in [1.807, 2.05) is 68.4 Å². The van der Waals surface area contributed by atoms with Crippen LogP contribution in [0.3, 0.4) is 0 Å². The third kappa shape index (κ3) is 5.30. The van der Waals surface area contributed by atoms with Gasteiger partial charge in [0, 0.05) is 13.1 Å². The van der Waals surface area contributed by atoms with Crippen LogP contribution in [0.2, 0.25) is 0 Å². The first-order chi connectivity index (χ1) is 13.9. The second kappa shape index (κ2) is 9.02. The number of sulfonamides is 1. The molecule has 0 aliphatic rings. The molecule has 0 spiro atoms. The summed E-state index contributed by atoms with van der Waals surface area (Å²) in [5, 5.41) is 6.98. The van der Waals surface area contributed by atoms with Crippen molar-refractivity contribution in [1.82, 2.24) is 19.8 Å². The SMILES string of the molecule is Cc1ccccc1-n1ncc(C(=O)NCCS(=O)(=O)NCc2ccccc2)c1C. The fraction of sp³-hybridized carbons (Fsp3) is 0.238. The molecule has 0 aliphatic heterocycles. The van der Waals surface area contributed by atoms with Gasteiger partial charge in [0.15, 0.2) is 0 Å². The van der Waals surface area contributed by atoms with Crippen molar-refractivity contribution in [2.45, 2.75) is 20.4 Å². The van der Waals surface area contributed by atoms with Gasteiger partial charge >= 0.3 is 0 Å². The van der Waals surface area contributed by atoms with Crippen LogP contribution in [0.1, 0.15) is 27.2 Å². The molecular weight excluding hydrogens is 388 g/mol. The number of benzene rings is 2. The molecule has 3 aromatic rings. The first-order valence-corrected chi connectivity index (χ1v) is 10.9. The maximum atomic E-state index is 12.5. The molecule has 1 amide bonds. The van der Waals surface area contributed by atoms with E-state index in [1.165, 1.54) is 6.20 Å².